The van der Waals surface area contributed by atoms with Crippen molar-refractivity contribution in [3.63, 3.8) is 0 Å². The molecule has 1 N–H and O–H groups in total. The Labute approximate surface area is 183 Å². The lowest BCUT2D eigenvalue weighted by atomic mass is 10.2. The minimum absolute atomic E-state index is 0.0615. The third kappa shape index (κ3) is 4.79. The highest BCUT2D eigenvalue weighted by molar-refractivity contribution is 7.89. The molecule has 0 spiro atoms. The standard InChI is InChI=1S/C21H20N2O8S/c1-23(2)32(27,28)13-8-9-18(29-3)15(10-13)22-20(25)12-30-21(26)19-11-16(24)14-6-4-5-7-17(14)31-19/h4-11H,12H2,1-3H3,(H,22,25). The van der Waals surface area contributed by atoms with Crippen LogP contribution in [-0.2, 0) is 19.6 Å². The van der Waals surface area contributed by atoms with Gasteiger partial charge in [-0.15, -0.1) is 0 Å². The van der Waals surface area contributed by atoms with Crippen molar-refractivity contribution in [2.24, 2.45) is 0 Å². The molecule has 2 aromatic carbocycles. The van der Waals surface area contributed by atoms with E-state index >= 15 is 0 Å². The molecule has 0 aliphatic carbocycles. The van der Waals surface area contributed by atoms with Crippen molar-refractivity contribution in [2.45, 2.75) is 4.90 Å². The minimum Gasteiger partial charge on any atom is -0.495 e. The fourth-order valence-electron chi connectivity index (χ4n) is 2.75. The highest BCUT2D eigenvalue weighted by Gasteiger charge is 2.21. The van der Waals surface area contributed by atoms with Crippen molar-refractivity contribution in [1.29, 1.82) is 0 Å². The lowest BCUT2D eigenvalue weighted by Gasteiger charge is -2.15. The third-order valence-electron chi connectivity index (χ3n) is 4.39. The number of hydrogen-bond donors (Lipinski definition) is 1. The number of carbonyl (C=O) groups excluding carboxylic acids is 2. The first-order chi connectivity index (χ1) is 15.1. The number of rotatable bonds is 7. The summed E-state index contributed by atoms with van der Waals surface area (Å²) >= 11 is 0. The van der Waals surface area contributed by atoms with Gasteiger partial charge < -0.3 is 19.2 Å². The van der Waals surface area contributed by atoms with Crippen LogP contribution in [-0.4, -0.2) is 52.4 Å². The molecule has 32 heavy (non-hydrogen) atoms. The average molecular weight is 460 g/mol. The van der Waals surface area contributed by atoms with Gasteiger partial charge in [-0.25, -0.2) is 17.5 Å². The summed E-state index contributed by atoms with van der Waals surface area (Å²) in [6.07, 6.45) is 0. The maximum absolute atomic E-state index is 12.3. The zero-order valence-electron chi connectivity index (χ0n) is 17.4. The van der Waals surface area contributed by atoms with Gasteiger partial charge in [-0.3, -0.25) is 9.59 Å². The van der Waals surface area contributed by atoms with Gasteiger partial charge in [-0.2, -0.15) is 0 Å². The molecule has 0 unspecified atom stereocenters. The number of methoxy groups -OCH3 is 1. The molecule has 0 aliphatic rings. The maximum Gasteiger partial charge on any atom is 0.374 e. The van der Waals surface area contributed by atoms with Crippen molar-refractivity contribution in [3.8, 4) is 5.75 Å². The van der Waals surface area contributed by atoms with Gasteiger partial charge >= 0.3 is 5.97 Å². The van der Waals surface area contributed by atoms with Crippen LogP contribution in [0.15, 0.2) is 62.6 Å². The van der Waals surface area contributed by atoms with Crippen molar-refractivity contribution in [2.75, 3.05) is 33.1 Å². The second-order valence-corrected chi connectivity index (χ2v) is 8.90. The topological polar surface area (TPSA) is 132 Å². The molecule has 3 rings (SSSR count). The van der Waals surface area contributed by atoms with Gasteiger partial charge in [0, 0.05) is 20.2 Å². The summed E-state index contributed by atoms with van der Waals surface area (Å²) in [5, 5.41) is 2.75. The third-order valence-corrected chi connectivity index (χ3v) is 6.20. The maximum atomic E-state index is 12.3. The summed E-state index contributed by atoms with van der Waals surface area (Å²) in [6, 6.07) is 11.3. The summed E-state index contributed by atoms with van der Waals surface area (Å²) < 4.78 is 41.1. The van der Waals surface area contributed by atoms with Crippen LogP contribution in [0.1, 0.15) is 10.6 Å². The molecule has 0 saturated carbocycles. The van der Waals surface area contributed by atoms with Gasteiger partial charge in [0.25, 0.3) is 5.91 Å². The summed E-state index contributed by atoms with van der Waals surface area (Å²) in [7, 11) is 0.364. The number of para-hydroxylation sites is 1. The van der Waals surface area contributed by atoms with Gasteiger partial charge in [-0.1, -0.05) is 12.1 Å². The zero-order chi connectivity index (χ0) is 23.5. The van der Waals surface area contributed by atoms with E-state index in [0.29, 0.717) is 5.39 Å². The van der Waals surface area contributed by atoms with Crippen molar-refractivity contribution < 1.29 is 31.9 Å². The van der Waals surface area contributed by atoms with Crippen LogP contribution < -0.4 is 15.5 Å². The lowest BCUT2D eigenvalue weighted by molar-refractivity contribution is -0.119. The number of esters is 1. The molecular formula is C21H20N2O8S. The molecule has 0 saturated heterocycles. The largest absolute Gasteiger partial charge is 0.495 e. The average Bonchev–Trinajstić information content (AvgIpc) is 2.77. The van der Waals surface area contributed by atoms with E-state index in [2.05, 4.69) is 5.32 Å². The molecule has 0 aliphatic heterocycles. The number of carbonyl (C=O) groups is 2. The molecule has 10 nitrogen and oxygen atoms in total. The fourth-order valence-corrected chi connectivity index (χ4v) is 3.68. The summed E-state index contributed by atoms with van der Waals surface area (Å²) in [5.74, 6) is -1.89. The van der Waals surface area contributed by atoms with Crippen LogP contribution in [0.25, 0.3) is 11.0 Å². The number of benzene rings is 2. The number of amides is 1. The van der Waals surface area contributed by atoms with E-state index in [9.17, 15) is 22.8 Å². The normalized spacial score (nSPS) is 11.4. The van der Waals surface area contributed by atoms with E-state index in [1.54, 1.807) is 18.2 Å². The van der Waals surface area contributed by atoms with E-state index in [1.807, 2.05) is 0 Å². The van der Waals surface area contributed by atoms with Gasteiger partial charge in [0.15, 0.2) is 12.0 Å². The second-order valence-electron chi connectivity index (χ2n) is 6.74. The zero-order valence-corrected chi connectivity index (χ0v) is 18.3. The van der Waals surface area contributed by atoms with E-state index < -0.39 is 33.9 Å². The van der Waals surface area contributed by atoms with E-state index in [4.69, 9.17) is 13.9 Å². The van der Waals surface area contributed by atoms with Crippen LogP contribution in [0.4, 0.5) is 5.69 Å². The Morgan fingerprint density at radius 2 is 1.81 bits per heavy atom. The summed E-state index contributed by atoms with van der Waals surface area (Å²) in [4.78, 5) is 36.6. The summed E-state index contributed by atoms with van der Waals surface area (Å²) in [5.41, 5.74) is -0.138. The van der Waals surface area contributed by atoms with Crippen LogP contribution in [0.3, 0.4) is 0 Å². The summed E-state index contributed by atoms with van der Waals surface area (Å²) in [6.45, 7) is -0.705. The van der Waals surface area contributed by atoms with Gasteiger partial charge in [0.1, 0.15) is 11.3 Å². The van der Waals surface area contributed by atoms with Crippen LogP contribution in [0.2, 0.25) is 0 Å². The van der Waals surface area contributed by atoms with Crippen LogP contribution in [0, 0.1) is 0 Å². The lowest BCUT2D eigenvalue weighted by Crippen LogP contribution is -2.24. The van der Waals surface area contributed by atoms with Crippen molar-refractivity contribution in [3.05, 3.63) is 64.5 Å². The van der Waals surface area contributed by atoms with Gasteiger partial charge in [0.05, 0.1) is 23.1 Å². The molecule has 0 fully saturated rings. The molecule has 11 heteroatoms. The van der Waals surface area contributed by atoms with Gasteiger partial charge in [-0.05, 0) is 30.3 Å². The van der Waals surface area contributed by atoms with Crippen molar-refractivity contribution >= 4 is 38.6 Å². The molecule has 0 radical (unpaired) electrons. The number of sulfonamides is 1. The molecule has 1 heterocycles. The number of anilines is 1. The Morgan fingerprint density at radius 3 is 2.50 bits per heavy atom. The highest BCUT2D eigenvalue weighted by Crippen LogP contribution is 2.28. The van der Waals surface area contributed by atoms with Gasteiger partial charge in [0.2, 0.25) is 15.8 Å². The number of hydrogen-bond acceptors (Lipinski definition) is 8. The number of fused-ring (bicyclic) bond motifs is 1. The van der Waals surface area contributed by atoms with E-state index in [0.717, 1.165) is 10.4 Å². The number of nitrogens with zero attached hydrogens (tertiary/aromatic N) is 1. The fraction of sp³-hybridized carbons (Fsp3) is 0.190. The Morgan fingerprint density at radius 1 is 1.09 bits per heavy atom. The Hall–Kier alpha value is -3.70. The smallest absolute Gasteiger partial charge is 0.374 e. The molecule has 1 aromatic heterocycles. The Balaban J connectivity index is 1.73. The second kappa shape index (κ2) is 9.20. The first kappa shape index (κ1) is 23.0. The first-order valence-corrected chi connectivity index (χ1v) is 10.7. The number of nitrogens with one attached hydrogen (secondary N) is 1. The quantitative estimate of drug-likeness (QED) is 0.528. The van der Waals surface area contributed by atoms with E-state index in [-0.39, 0.29) is 27.7 Å². The van der Waals surface area contributed by atoms with E-state index in [1.165, 1.54) is 45.5 Å². The predicted molar refractivity (Wildman–Crippen MR) is 115 cm³/mol. The molecular weight excluding hydrogens is 440 g/mol. The molecule has 0 bridgehead atoms. The first-order valence-electron chi connectivity index (χ1n) is 9.24. The molecule has 168 valence electrons. The van der Waals surface area contributed by atoms with Crippen molar-refractivity contribution in [1.82, 2.24) is 4.31 Å². The minimum atomic E-state index is -3.74. The molecule has 1 amide bonds. The SMILES string of the molecule is COc1ccc(S(=O)(=O)N(C)C)cc1NC(=O)COC(=O)c1cc(=O)c2ccccc2o1. The highest BCUT2D eigenvalue weighted by atomic mass is 32.2. The molecule has 0 atom stereocenters. The Kier molecular flexibility index (Phi) is 6.61. The predicted octanol–water partition coefficient (Wildman–Crippen LogP) is 1.85. The monoisotopic (exact) mass is 460 g/mol. The number of ether oxygens (including phenoxy) is 2. The van der Waals surface area contributed by atoms with Crippen LogP contribution >= 0.6 is 0 Å². The van der Waals surface area contributed by atoms with Crippen LogP contribution in [0.5, 0.6) is 5.75 Å². The Bertz CT molecular complexity index is 1350. The molecule has 3 aromatic rings.